The van der Waals surface area contributed by atoms with Crippen LogP contribution < -0.4 is 10.6 Å². The number of halogens is 3. The molecule has 0 radical (unpaired) electrons. The van der Waals surface area contributed by atoms with E-state index in [1.54, 1.807) is 12.4 Å². The number of hydrogen-bond donors (Lipinski definition) is 2. The first-order valence-electron chi connectivity index (χ1n) is 7.44. The maximum absolute atomic E-state index is 13.6. The summed E-state index contributed by atoms with van der Waals surface area (Å²) in [5, 5.41) is 5.11. The van der Waals surface area contributed by atoms with Crippen molar-refractivity contribution in [1.29, 1.82) is 0 Å². The predicted octanol–water partition coefficient (Wildman–Crippen LogP) is 3.15. The van der Waals surface area contributed by atoms with Crippen LogP contribution in [0.2, 0.25) is 0 Å². The highest BCUT2D eigenvalue weighted by atomic mass is 19.2. The molecule has 2 N–H and O–H groups in total. The topological polar surface area (TPSA) is 79.8 Å². The molecule has 0 fully saturated rings. The van der Waals surface area contributed by atoms with Crippen LogP contribution in [0, 0.1) is 17.5 Å². The summed E-state index contributed by atoms with van der Waals surface area (Å²) in [4.78, 5) is 23.9. The minimum absolute atomic E-state index is 0.0311. The van der Waals surface area contributed by atoms with Crippen LogP contribution >= 0.6 is 0 Å². The smallest absolute Gasteiger partial charge is 0.258 e. The number of aromatic nitrogens is 3. The molecular weight excluding hydrogens is 347 g/mol. The maximum atomic E-state index is 13.6. The predicted molar refractivity (Wildman–Crippen MR) is 87.9 cm³/mol. The lowest BCUT2D eigenvalue weighted by Gasteiger charge is -2.08. The Morgan fingerprint density at radius 1 is 0.962 bits per heavy atom. The first kappa shape index (κ1) is 17.3. The van der Waals surface area contributed by atoms with Gasteiger partial charge in [-0.25, -0.2) is 23.1 Å². The molecule has 1 amide bonds. The van der Waals surface area contributed by atoms with E-state index in [0.29, 0.717) is 6.54 Å². The molecule has 0 aliphatic carbocycles. The lowest BCUT2D eigenvalue weighted by molar-refractivity contribution is 0.102. The third kappa shape index (κ3) is 3.94. The summed E-state index contributed by atoms with van der Waals surface area (Å²) in [6.07, 6.45) is 5.77. The first-order chi connectivity index (χ1) is 12.5. The fraction of sp³-hybridized carbons (Fsp3) is 0.0588. The van der Waals surface area contributed by atoms with Gasteiger partial charge in [0.15, 0.2) is 17.5 Å². The molecule has 9 heteroatoms. The monoisotopic (exact) mass is 359 g/mol. The average molecular weight is 359 g/mol. The fourth-order valence-electron chi connectivity index (χ4n) is 2.04. The summed E-state index contributed by atoms with van der Waals surface area (Å²) in [5.41, 5.74) is 0.525. The molecule has 0 spiro atoms. The van der Waals surface area contributed by atoms with Gasteiger partial charge in [0.2, 0.25) is 5.95 Å². The lowest BCUT2D eigenvalue weighted by Crippen LogP contribution is -2.15. The Hall–Kier alpha value is -3.49. The number of rotatable bonds is 5. The first-order valence-corrected chi connectivity index (χ1v) is 7.44. The van der Waals surface area contributed by atoms with Gasteiger partial charge in [-0.05, 0) is 29.8 Å². The molecule has 3 aromatic rings. The highest BCUT2D eigenvalue weighted by molar-refractivity contribution is 6.03. The molecule has 26 heavy (non-hydrogen) atoms. The average Bonchev–Trinajstić information content (AvgIpc) is 2.68. The molecule has 6 nitrogen and oxygen atoms in total. The highest BCUT2D eigenvalue weighted by Gasteiger charge is 2.16. The quantitative estimate of drug-likeness (QED) is 0.684. The number of carbonyl (C=O) groups excluding carboxylic acids is 1. The maximum Gasteiger partial charge on any atom is 0.258 e. The second-order valence-corrected chi connectivity index (χ2v) is 5.18. The van der Waals surface area contributed by atoms with Crippen molar-refractivity contribution in [3.8, 4) is 0 Å². The Labute approximate surface area is 146 Å². The molecule has 0 aliphatic rings. The molecule has 0 saturated heterocycles. The van der Waals surface area contributed by atoms with Gasteiger partial charge in [0.1, 0.15) is 0 Å². The molecular formula is C17H12F3N5O. The van der Waals surface area contributed by atoms with E-state index >= 15 is 0 Å². The van der Waals surface area contributed by atoms with E-state index in [1.807, 2.05) is 12.1 Å². The van der Waals surface area contributed by atoms with Gasteiger partial charge in [0.05, 0.1) is 11.3 Å². The van der Waals surface area contributed by atoms with Crippen molar-refractivity contribution in [2.45, 2.75) is 6.54 Å². The molecule has 2 heterocycles. The van der Waals surface area contributed by atoms with E-state index in [2.05, 4.69) is 25.6 Å². The normalized spacial score (nSPS) is 10.4. The summed E-state index contributed by atoms with van der Waals surface area (Å²) in [5.74, 6) is -4.94. The van der Waals surface area contributed by atoms with Gasteiger partial charge in [-0.3, -0.25) is 9.78 Å². The van der Waals surface area contributed by atoms with Crippen LogP contribution in [-0.4, -0.2) is 20.9 Å². The zero-order valence-electron chi connectivity index (χ0n) is 13.2. The van der Waals surface area contributed by atoms with Gasteiger partial charge < -0.3 is 10.6 Å². The fourth-order valence-corrected chi connectivity index (χ4v) is 2.04. The molecule has 2 aromatic heterocycles. The van der Waals surface area contributed by atoms with Crippen LogP contribution in [0.5, 0.6) is 0 Å². The van der Waals surface area contributed by atoms with Crippen LogP contribution in [0.15, 0.2) is 49.1 Å². The van der Waals surface area contributed by atoms with E-state index < -0.39 is 29.0 Å². The number of hydrogen-bond acceptors (Lipinski definition) is 5. The number of benzene rings is 1. The Morgan fingerprint density at radius 2 is 1.65 bits per heavy atom. The summed E-state index contributed by atoms with van der Waals surface area (Å²) >= 11 is 0. The summed E-state index contributed by atoms with van der Waals surface area (Å²) < 4.78 is 39.7. The van der Waals surface area contributed by atoms with Crippen molar-refractivity contribution < 1.29 is 18.0 Å². The molecule has 1 aromatic carbocycles. The molecule has 0 unspecified atom stereocenters. The van der Waals surface area contributed by atoms with Crippen LogP contribution in [0.25, 0.3) is 0 Å². The second kappa shape index (κ2) is 7.60. The number of carbonyl (C=O) groups is 1. The zero-order chi connectivity index (χ0) is 18.5. The minimum atomic E-state index is -1.66. The Balaban J connectivity index is 1.64. The Kier molecular flexibility index (Phi) is 5.07. The number of nitrogens with one attached hydrogen (secondary N) is 2. The summed E-state index contributed by atoms with van der Waals surface area (Å²) in [6.45, 7) is 0.466. The molecule has 3 rings (SSSR count). The SMILES string of the molecule is O=C(Nc1ccc(F)c(F)c1F)c1cnc(NCc2ccncc2)nc1. The Morgan fingerprint density at radius 3 is 2.35 bits per heavy atom. The van der Waals surface area contributed by atoms with E-state index in [4.69, 9.17) is 0 Å². The molecule has 0 saturated carbocycles. The number of amides is 1. The van der Waals surface area contributed by atoms with E-state index in [0.717, 1.165) is 17.7 Å². The zero-order valence-corrected chi connectivity index (χ0v) is 13.2. The van der Waals surface area contributed by atoms with Crippen LogP contribution in [0.3, 0.4) is 0 Å². The van der Waals surface area contributed by atoms with Crippen molar-refractivity contribution in [2.75, 3.05) is 10.6 Å². The molecule has 0 aliphatic heterocycles. The van der Waals surface area contributed by atoms with E-state index in [1.165, 1.54) is 12.4 Å². The number of nitrogens with zero attached hydrogens (tertiary/aromatic N) is 3. The number of pyridine rings is 1. The second-order valence-electron chi connectivity index (χ2n) is 5.18. The van der Waals surface area contributed by atoms with Crippen molar-refractivity contribution >= 4 is 17.5 Å². The standard InChI is InChI=1S/C17H12F3N5O/c18-12-1-2-13(15(20)14(12)19)25-16(26)11-8-23-17(24-9-11)22-7-10-3-5-21-6-4-10/h1-6,8-9H,7H2,(H,25,26)(H,22,23,24). The van der Waals surface area contributed by atoms with Gasteiger partial charge in [-0.15, -0.1) is 0 Å². The van der Waals surface area contributed by atoms with Gasteiger partial charge in [0, 0.05) is 31.3 Å². The Bertz CT molecular complexity index is 920. The number of anilines is 2. The third-order valence-corrected chi connectivity index (χ3v) is 3.40. The lowest BCUT2D eigenvalue weighted by atomic mass is 10.2. The van der Waals surface area contributed by atoms with Gasteiger partial charge >= 0.3 is 0 Å². The summed E-state index contributed by atoms with van der Waals surface area (Å²) in [7, 11) is 0. The van der Waals surface area contributed by atoms with Gasteiger partial charge in [-0.1, -0.05) is 0 Å². The van der Waals surface area contributed by atoms with Crippen LogP contribution in [-0.2, 0) is 6.54 Å². The van der Waals surface area contributed by atoms with Gasteiger partial charge in [0.25, 0.3) is 5.91 Å². The van der Waals surface area contributed by atoms with Crippen molar-refractivity contribution in [3.63, 3.8) is 0 Å². The molecule has 0 bridgehead atoms. The summed E-state index contributed by atoms with van der Waals surface area (Å²) in [6, 6.07) is 5.30. The molecule has 0 atom stereocenters. The molecule has 132 valence electrons. The van der Waals surface area contributed by atoms with E-state index in [9.17, 15) is 18.0 Å². The van der Waals surface area contributed by atoms with E-state index in [-0.39, 0.29) is 11.5 Å². The largest absolute Gasteiger partial charge is 0.350 e. The third-order valence-electron chi connectivity index (χ3n) is 3.40. The van der Waals surface area contributed by atoms with Gasteiger partial charge in [-0.2, -0.15) is 0 Å². The highest BCUT2D eigenvalue weighted by Crippen LogP contribution is 2.20. The van der Waals surface area contributed by atoms with Crippen LogP contribution in [0.1, 0.15) is 15.9 Å². The van der Waals surface area contributed by atoms with Crippen molar-refractivity contribution in [2.24, 2.45) is 0 Å². The van der Waals surface area contributed by atoms with Crippen LogP contribution in [0.4, 0.5) is 24.8 Å². The minimum Gasteiger partial charge on any atom is -0.350 e. The van der Waals surface area contributed by atoms with Crippen molar-refractivity contribution in [3.05, 3.63) is 77.6 Å². The van der Waals surface area contributed by atoms with Crippen molar-refractivity contribution in [1.82, 2.24) is 15.0 Å².